The Hall–Kier alpha value is -1.67. The molecule has 1 aliphatic heterocycles. The van der Waals surface area contributed by atoms with Crippen LogP contribution < -0.4 is 10.6 Å². The van der Waals surface area contributed by atoms with Gasteiger partial charge in [0.1, 0.15) is 5.70 Å². The van der Waals surface area contributed by atoms with Gasteiger partial charge in [-0.1, -0.05) is 6.07 Å². The van der Waals surface area contributed by atoms with Crippen molar-refractivity contribution in [3.8, 4) is 5.69 Å². The summed E-state index contributed by atoms with van der Waals surface area (Å²) in [5.74, 6) is -0.190. The smallest absolute Gasteiger partial charge is 0.273 e. The molecule has 0 radical (unpaired) electrons. The average molecular weight is 437 g/mol. The lowest BCUT2D eigenvalue weighted by molar-refractivity contribution is -0.115. The fraction of sp³-hybridized carbons (Fsp3) is 0.176. The van der Waals surface area contributed by atoms with E-state index in [0.717, 1.165) is 22.6 Å². The van der Waals surface area contributed by atoms with E-state index in [9.17, 15) is 4.79 Å². The Kier molecular flexibility index (Phi) is 4.29. The molecule has 6 heteroatoms. The molecule has 1 fully saturated rings. The Bertz CT molecular complexity index is 867. The van der Waals surface area contributed by atoms with Gasteiger partial charge in [-0.05, 0) is 91.0 Å². The Morgan fingerprint density at radius 2 is 1.91 bits per heavy atom. The lowest BCUT2D eigenvalue weighted by Crippen LogP contribution is -2.21. The van der Waals surface area contributed by atoms with E-state index >= 15 is 0 Å². The number of aryl methyl sites for hydroxylation is 2. The Morgan fingerprint density at radius 3 is 2.52 bits per heavy atom. The molecule has 2 aromatic rings. The molecule has 2 N–H and O–H groups in total. The molecule has 118 valence electrons. The van der Waals surface area contributed by atoms with Crippen molar-refractivity contribution in [1.82, 2.24) is 15.2 Å². The minimum absolute atomic E-state index is 0.190. The van der Waals surface area contributed by atoms with Crippen molar-refractivity contribution in [1.29, 1.82) is 0 Å². The highest BCUT2D eigenvalue weighted by atomic mass is 127. The number of carbonyl (C=O) groups is 1. The van der Waals surface area contributed by atoms with Gasteiger partial charge in [0.15, 0.2) is 5.11 Å². The predicted octanol–water partition coefficient (Wildman–Crippen LogP) is 3.35. The molecule has 0 spiro atoms. The largest absolute Gasteiger partial charge is 0.328 e. The molecule has 0 atom stereocenters. The number of aromatic nitrogens is 1. The number of benzene rings is 1. The SMILES string of the molecule is Cc1ccc(-n2c(C)cc(C=C3NC(=S)NC3=O)c2C)cc1I. The van der Waals surface area contributed by atoms with Gasteiger partial charge in [0, 0.05) is 20.6 Å². The maximum atomic E-state index is 11.8. The Balaban J connectivity index is 2.06. The molecule has 0 bridgehead atoms. The van der Waals surface area contributed by atoms with Crippen molar-refractivity contribution in [3.63, 3.8) is 0 Å². The van der Waals surface area contributed by atoms with Crippen molar-refractivity contribution >= 4 is 51.9 Å². The van der Waals surface area contributed by atoms with Gasteiger partial charge in [-0.3, -0.25) is 10.1 Å². The highest BCUT2D eigenvalue weighted by molar-refractivity contribution is 14.1. The summed E-state index contributed by atoms with van der Waals surface area (Å²) in [5.41, 5.74) is 6.07. The molecule has 0 unspecified atom stereocenters. The van der Waals surface area contributed by atoms with Gasteiger partial charge in [-0.2, -0.15) is 0 Å². The first-order valence-corrected chi connectivity index (χ1v) is 8.65. The predicted molar refractivity (Wildman–Crippen MR) is 105 cm³/mol. The van der Waals surface area contributed by atoms with E-state index in [1.807, 2.05) is 6.08 Å². The third-order valence-corrected chi connectivity index (χ3v) is 5.27. The molecule has 1 aliphatic rings. The van der Waals surface area contributed by atoms with Crippen LogP contribution >= 0.6 is 34.8 Å². The van der Waals surface area contributed by atoms with Crippen LogP contribution in [-0.4, -0.2) is 15.6 Å². The zero-order chi connectivity index (χ0) is 16.7. The van der Waals surface area contributed by atoms with Crippen molar-refractivity contribution in [2.24, 2.45) is 0 Å². The van der Waals surface area contributed by atoms with Crippen LogP contribution in [0, 0.1) is 24.3 Å². The van der Waals surface area contributed by atoms with Gasteiger partial charge in [0.25, 0.3) is 5.91 Å². The summed E-state index contributed by atoms with van der Waals surface area (Å²) < 4.78 is 3.42. The van der Waals surface area contributed by atoms with Crippen LogP contribution in [0.15, 0.2) is 30.0 Å². The van der Waals surface area contributed by atoms with E-state index < -0.39 is 0 Å². The van der Waals surface area contributed by atoms with Crippen molar-refractivity contribution in [3.05, 3.63) is 56.0 Å². The summed E-state index contributed by atoms with van der Waals surface area (Å²) in [6, 6.07) is 8.48. The van der Waals surface area contributed by atoms with Crippen molar-refractivity contribution in [2.45, 2.75) is 20.8 Å². The van der Waals surface area contributed by atoms with E-state index in [4.69, 9.17) is 12.2 Å². The highest BCUT2D eigenvalue weighted by Crippen LogP contribution is 2.25. The number of hydrogen-bond donors (Lipinski definition) is 2. The van der Waals surface area contributed by atoms with E-state index in [0.29, 0.717) is 10.8 Å². The second-order valence-electron chi connectivity index (χ2n) is 5.56. The maximum Gasteiger partial charge on any atom is 0.273 e. The molecule has 4 nitrogen and oxygen atoms in total. The third-order valence-electron chi connectivity index (χ3n) is 3.90. The van der Waals surface area contributed by atoms with Crippen LogP contribution in [0.5, 0.6) is 0 Å². The van der Waals surface area contributed by atoms with Crippen molar-refractivity contribution < 1.29 is 4.79 Å². The molecule has 0 aliphatic carbocycles. The van der Waals surface area contributed by atoms with Crippen molar-refractivity contribution in [2.75, 3.05) is 0 Å². The van der Waals surface area contributed by atoms with Gasteiger partial charge in [0.2, 0.25) is 0 Å². The summed E-state index contributed by atoms with van der Waals surface area (Å²) in [6.45, 7) is 6.22. The summed E-state index contributed by atoms with van der Waals surface area (Å²) in [7, 11) is 0. The van der Waals surface area contributed by atoms with E-state index in [-0.39, 0.29) is 5.91 Å². The molecule has 23 heavy (non-hydrogen) atoms. The summed E-state index contributed by atoms with van der Waals surface area (Å²) in [4.78, 5) is 11.8. The fourth-order valence-corrected chi connectivity index (χ4v) is 3.39. The molecular formula is C17H16IN3OS. The van der Waals surface area contributed by atoms with Crippen LogP contribution in [0.4, 0.5) is 0 Å². The summed E-state index contributed by atoms with van der Waals surface area (Å²) >= 11 is 7.32. The van der Waals surface area contributed by atoms with Gasteiger partial charge < -0.3 is 9.88 Å². The van der Waals surface area contributed by atoms with Crippen LogP contribution in [0.25, 0.3) is 11.8 Å². The standard InChI is InChI=1S/C17H16IN3OS/c1-9-4-5-13(8-14(9)18)21-10(2)6-12(11(21)3)7-15-16(22)20-17(23)19-15/h4-8H,1-3H3,(H2,19,20,22,23). The highest BCUT2D eigenvalue weighted by Gasteiger charge is 2.21. The molecule has 1 amide bonds. The fourth-order valence-electron chi connectivity index (χ4n) is 2.69. The first-order valence-electron chi connectivity index (χ1n) is 7.16. The lowest BCUT2D eigenvalue weighted by Gasteiger charge is -2.11. The first kappa shape index (κ1) is 16.2. The third kappa shape index (κ3) is 3.05. The van der Waals surface area contributed by atoms with Gasteiger partial charge in [0.05, 0.1) is 0 Å². The number of halogens is 1. The number of nitrogens with one attached hydrogen (secondary N) is 2. The normalized spacial score (nSPS) is 15.9. The van der Waals surface area contributed by atoms with Crippen LogP contribution in [0.2, 0.25) is 0 Å². The number of nitrogens with zero attached hydrogens (tertiary/aromatic N) is 1. The number of thiocarbonyl (C=S) groups is 1. The van der Waals surface area contributed by atoms with E-state index in [1.165, 1.54) is 9.13 Å². The van der Waals surface area contributed by atoms with Gasteiger partial charge in [-0.15, -0.1) is 0 Å². The first-order chi connectivity index (χ1) is 10.9. The van der Waals surface area contributed by atoms with E-state index in [1.54, 1.807) is 0 Å². The topological polar surface area (TPSA) is 46.1 Å². The van der Waals surface area contributed by atoms with Crippen LogP contribution in [0.1, 0.15) is 22.5 Å². The minimum Gasteiger partial charge on any atom is -0.328 e. The van der Waals surface area contributed by atoms with Gasteiger partial charge in [-0.25, -0.2) is 0 Å². The lowest BCUT2D eigenvalue weighted by atomic mass is 10.2. The van der Waals surface area contributed by atoms with Gasteiger partial charge >= 0.3 is 0 Å². The average Bonchev–Trinajstić information content (AvgIpc) is 2.93. The molecule has 0 saturated carbocycles. The quantitative estimate of drug-likeness (QED) is 0.431. The van der Waals surface area contributed by atoms with E-state index in [2.05, 4.69) is 82.8 Å². The Morgan fingerprint density at radius 1 is 1.17 bits per heavy atom. The molecule has 2 heterocycles. The number of hydrogen-bond acceptors (Lipinski definition) is 2. The molecular weight excluding hydrogens is 421 g/mol. The Labute approximate surface area is 154 Å². The zero-order valence-electron chi connectivity index (χ0n) is 13.0. The molecule has 1 aromatic heterocycles. The monoisotopic (exact) mass is 437 g/mol. The zero-order valence-corrected chi connectivity index (χ0v) is 16.0. The molecule has 1 saturated heterocycles. The number of amides is 1. The minimum atomic E-state index is -0.190. The van der Waals surface area contributed by atoms with Crippen LogP contribution in [-0.2, 0) is 4.79 Å². The maximum absolute atomic E-state index is 11.8. The summed E-state index contributed by atoms with van der Waals surface area (Å²) in [6.07, 6.45) is 1.84. The number of rotatable bonds is 2. The summed E-state index contributed by atoms with van der Waals surface area (Å²) in [5, 5.41) is 5.81. The van der Waals surface area contributed by atoms with Crippen LogP contribution in [0.3, 0.4) is 0 Å². The number of carbonyl (C=O) groups excluding carboxylic acids is 1. The molecule has 1 aromatic carbocycles. The molecule has 3 rings (SSSR count). The second kappa shape index (κ2) is 6.09. The second-order valence-corrected chi connectivity index (χ2v) is 7.13.